The second kappa shape index (κ2) is 3.71. The van der Waals surface area contributed by atoms with Crippen LogP contribution in [-0.4, -0.2) is 23.3 Å². The maximum absolute atomic E-state index is 11.1. The zero-order valence-corrected chi connectivity index (χ0v) is 8.55. The maximum Gasteiger partial charge on any atom is 0.336 e. The van der Waals surface area contributed by atoms with E-state index in [-0.39, 0.29) is 0 Å². The molecule has 1 atom stereocenters. The Morgan fingerprint density at radius 2 is 2.57 bits per heavy atom. The normalized spacial score (nSPS) is 26.6. The van der Waals surface area contributed by atoms with E-state index in [1.165, 1.54) is 0 Å². The third-order valence-corrected chi connectivity index (χ3v) is 3.29. The number of carboxylic acid groups (broad SMARTS) is 1. The fraction of sp³-hybridized carbons (Fsp3) is 0.500. The Morgan fingerprint density at radius 1 is 1.71 bits per heavy atom. The number of ether oxygens (including phenoxy) is 1. The lowest BCUT2D eigenvalue weighted by atomic mass is 9.93. The largest absolute Gasteiger partial charge is 0.479 e. The van der Waals surface area contributed by atoms with Gasteiger partial charge >= 0.3 is 5.97 Å². The molecule has 0 amide bonds. The predicted octanol–water partition coefficient (Wildman–Crippen LogP) is 1.92. The van der Waals surface area contributed by atoms with Crippen molar-refractivity contribution in [1.29, 1.82) is 0 Å². The van der Waals surface area contributed by atoms with Crippen molar-refractivity contribution in [2.24, 2.45) is 0 Å². The van der Waals surface area contributed by atoms with Gasteiger partial charge in [-0.1, -0.05) is 0 Å². The molecule has 0 saturated carbocycles. The molecule has 0 aliphatic carbocycles. The van der Waals surface area contributed by atoms with Gasteiger partial charge in [0.05, 0.1) is 0 Å². The van der Waals surface area contributed by atoms with Gasteiger partial charge in [0, 0.05) is 13.0 Å². The van der Waals surface area contributed by atoms with Gasteiger partial charge in [0.2, 0.25) is 0 Å². The second-order valence-electron chi connectivity index (χ2n) is 3.56. The van der Waals surface area contributed by atoms with Crippen molar-refractivity contribution in [3.05, 3.63) is 22.4 Å². The molecule has 1 fully saturated rings. The average molecular weight is 212 g/mol. The molecule has 1 aromatic rings. The molecule has 3 nitrogen and oxygen atoms in total. The van der Waals surface area contributed by atoms with Gasteiger partial charge in [-0.05, 0) is 35.2 Å². The highest BCUT2D eigenvalue weighted by Gasteiger charge is 2.42. The number of carboxylic acids is 1. The Bertz CT molecular complexity index is 312. The molecule has 1 N–H and O–H groups in total. The van der Waals surface area contributed by atoms with Crippen LogP contribution in [0.15, 0.2) is 16.8 Å². The lowest BCUT2D eigenvalue weighted by Crippen LogP contribution is -2.39. The molecule has 1 unspecified atom stereocenters. The minimum atomic E-state index is -0.957. The smallest absolute Gasteiger partial charge is 0.336 e. The van der Waals surface area contributed by atoms with E-state index in [4.69, 9.17) is 9.84 Å². The van der Waals surface area contributed by atoms with Crippen molar-refractivity contribution in [3.63, 3.8) is 0 Å². The van der Waals surface area contributed by atoms with Crippen LogP contribution >= 0.6 is 11.3 Å². The SMILES string of the molecule is O=C(O)C1(Cc2ccsc2)CCCO1. The number of hydrogen-bond donors (Lipinski definition) is 1. The summed E-state index contributed by atoms with van der Waals surface area (Å²) in [5, 5.41) is 13.1. The standard InChI is InChI=1S/C10H12O3S/c11-9(12)10(3-1-4-13-10)6-8-2-5-14-7-8/h2,5,7H,1,3-4,6H2,(H,11,12). The van der Waals surface area contributed by atoms with E-state index in [0.29, 0.717) is 19.4 Å². The first-order chi connectivity index (χ1) is 6.73. The highest BCUT2D eigenvalue weighted by molar-refractivity contribution is 7.07. The van der Waals surface area contributed by atoms with E-state index in [9.17, 15) is 4.79 Å². The highest BCUT2D eigenvalue weighted by Crippen LogP contribution is 2.30. The molecule has 1 aliphatic heterocycles. The molecule has 0 radical (unpaired) electrons. The van der Waals surface area contributed by atoms with Crippen LogP contribution < -0.4 is 0 Å². The lowest BCUT2D eigenvalue weighted by molar-refractivity contribution is -0.159. The summed E-state index contributed by atoms with van der Waals surface area (Å²) in [6.45, 7) is 0.566. The van der Waals surface area contributed by atoms with Crippen molar-refractivity contribution >= 4 is 17.3 Å². The van der Waals surface area contributed by atoms with Crippen LogP contribution in [0.4, 0.5) is 0 Å². The first kappa shape index (κ1) is 9.68. The molecular weight excluding hydrogens is 200 g/mol. The van der Waals surface area contributed by atoms with Gasteiger partial charge in [0.1, 0.15) is 0 Å². The summed E-state index contributed by atoms with van der Waals surface area (Å²) in [6.07, 6.45) is 1.96. The van der Waals surface area contributed by atoms with E-state index in [2.05, 4.69) is 0 Å². The minimum absolute atomic E-state index is 0.492. The summed E-state index contributed by atoms with van der Waals surface area (Å²) in [7, 11) is 0. The van der Waals surface area contributed by atoms with E-state index < -0.39 is 11.6 Å². The van der Waals surface area contributed by atoms with Gasteiger partial charge in [-0.25, -0.2) is 4.79 Å². The summed E-state index contributed by atoms with van der Waals surface area (Å²) in [5.41, 5.74) is 0.0976. The number of hydrogen-bond acceptors (Lipinski definition) is 3. The Balaban J connectivity index is 2.16. The molecular formula is C10H12O3S. The van der Waals surface area contributed by atoms with Crippen LogP contribution in [0.3, 0.4) is 0 Å². The van der Waals surface area contributed by atoms with Gasteiger partial charge in [0.25, 0.3) is 0 Å². The summed E-state index contributed by atoms with van der Waals surface area (Å²) < 4.78 is 5.38. The van der Waals surface area contributed by atoms with Gasteiger partial charge in [-0.2, -0.15) is 11.3 Å². The Hall–Kier alpha value is -0.870. The van der Waals surface area contributed by atoms with E-state index in [0.717, 1.165) is 12.0 Å². The zero-order valence-electron chi connectivity index (χ0n) is 7.73. The molecule has 1 saturated heterocycles. The van der Waals surface area contributed by atoms with Crippen molar-refractivity contribution in [3.8, 4) is 0 Å². The Morgan fingerprint density at radius 3 is 3.07 bits per heavy atom. The van der Waals surface area contributed by atoms with Crippen molar-refractivity contribution in [1.82, 2.24) is 0 Å². The third-order valence-electron chi connectivity index (χ3n) is 2.56. The topological polar surface area (TPSA) is 46.5 Å². The number of thiophene rings is 1. The number of carbonyl (C=O) groups is 1. The monoisotopic (exact) mass is 212 g/mol. The number of rotatable bonds is 3. The van der Waals surface area contributed by atoms with Crippen LogP contribution in [0.2, 0.25) is 0 Å². The van der Waals surface area contributed by atoms with Crippen LogP contribution in [0.25, 0.3) is 0 Å². The summed E-state index contributed by atoms with van der Waals surface area (Å²) in [4.78, 5) is 11.1. The van der Waals surface area contributed by atoms with Crippen LogP contribution in [0.1, 0.15) is 18.4 Å². The first-order valence-corrected chi connectivity index (χ1v) is 5.56. The van der Waals surface area contributed by atoms with Crippen molar-refractivity contribution < 1.29 is 14.6 Å². The molecule has 0 aromatic carbocycles. The molecule has 1 aromatic heterocycles. The first-order valence-electron chi connectivity index (χ1n) is 4.61. The van der Waals surface area contributed by atoms with E-state index >= 15 is 0 Å². The second-order valence-corrected chi connectivity index (χ2v) is 4.34. The quantitative estimate of drug-likeness (QED) is 0.832. The lowest BCUT2D eigenvalue weighted by Gasteiger charge is -2.22. The minimum Gasteiger partial charge on any atom is -0.479 e. The summed E-state index contributed by atoms with van der Waals surface area (Å²) in [6, 6.07) is 1.96. The van der Waals surface area contributed by atoms with Crippen LogP contribution in [0, 0.1) is 0 Å². The molecule has 76 valence electrons. The molecule has 4 heteroatoms. The molecule has 0 bridgehead atoms. The highest BCUT2D eigenvalue weighted by atomic mass is 32.1. The van der Waals surface area contributed by atoms with Gasteiger partial charge in [-0.15, -0.1) is 0 Å². The molecule has 2 rings (SSSR count). The predicted molar refractivity (Wildman–Crippen MR) is 53.6 cm³/mol. The zero-order chi connectivity index (χ0) is 10.0. The van der Waals surface area contributed by atoms with Gasteiger partial charge < -0.3 is 9.84 Å². The fourth-order valence-corrected chi connectivity index (χ4v) is 2.47. The van der Waals surface area contributed by atoms with Gasteiger partial charge in [-0.3, -0.25) is 0 Å². The number of aliphatic carboxylic acids is 1. The van der Waals surface area contributed by atoms with E-state index in [1.54, 1.807) is 11.3 Å². The maximum atomic E-state index is 11.1. The Labute approximate surface area is 86.3 Å². The van der Waals surface area contributed by atoms with Gasteiger partial charge in [0.15, 0.2) is 5.60 Å². The average Bonchev–Trinajstić information content (AvgIpc) is 2.76. The molecule has 0 spiro atoms. The third kappa shape index (κ3) is 1.67. The molecule has 2 heterocycles. The van der Waals surface area contributed by atoms with E-state index in [1.807, 2.05) is 16.8 Å². The van der Waals surface area contributed by atoms with Crippen molar-refractivity contribution in [2.45, 2.75) is 24.9 Å². The Kier molecular flexibility index (Phi) is 2.56. The summed E-state index contributed by atoms with van der Waals surface area (Å²) >= 11 is 1.58. The molecule has 1 aliphatic rings. The summed E-state index contributed by atoms with van der Waals surface area (Å²) in [5.74, 6) is -0.832. The van der Waals surface area contributed by atoms with Crippen LogP contribution in [-0.2, 0) is 16.0 Å². The van der Waals surface area contributed by atoms with Crippen molar-refractivity contribution in [2.75, 3.05) is 6.61 Å². The molecule has 14 heavy (non-hydrogen) atoms. The fourth-order valence-electron chi connectivity index (χ4n) is 1.80. The van der Waals surface area contributed by atoms with Crippen LogP contribution in [0.5, 0.6) is 0 Å².